The van der Waals surface area contributed by atoms with E-state index >= 15 is 0 Å². The molecule has 0 aromatic heterocycles. The van der Waals surface area contributed by atoms with Gasteiger partial charge in [-0.05, 0) is 37.0 Å². The standard InChI is InChI=1S/C16H22ClF3N2.ClH/c1-2-3-4-11-10-22(8-7-15(11)21)12-5-6-14(17)13(9-12)16(18,19)20;/h5-6,9,11,15H,2-4,7-8,10,21H2,1H3;1H. The lowest BCUT2D eigenvalue weighted by Crippen LogP contribution is -2.47. The normalized spacial score (nSPS) is 21.9. The summed E-state index contributed by atoms with van der Waals surface area (Å²) in [7, 11) is 0. The molecule has 1 aromatic rings. The quantitative estimate of drug-likeness (QED) is 0.796. The van der Waals surface area contributed by atoms with Crippen molar-refractivity contribution in [2.45, 2.75) is 44.8 Å². The largest absolute Gasteiger partial charge is 0.417 e. The number of anilines is 1. The van der Waals surface area contributed by atoms with Gasteiger partial charge in [-0.1, -0.05) is 31.4 Å². The first-order chi connectivity index (χ1) is 10.3. The number of hydrogen-bond acceptors (Lipinski definition) is 2. The van der Waals surface area contributed by atoms with Crippen molar-refractivity contribution in [1.82, 2.24) is 0 Å². The number of unbranched alkanes of at least 4 members (excludes halogenated alkanes) is 1. The third kappa shape index (κ3) is 5.16. The summed E-state index contributed by atoms with van der Waals surface area (Å²) in [6.07, 6.45) is -0.407. The lowest BCUT2D eigenvalue weighted by atomic mass is 9.88. The van der Waals surface area contributed by atoms with Gasteiger partial charge in [-0.25, -0.2) is 0 Å². The predicted molar refractivity (Wildman–Crippen MR) is 91.5 cm³/mol. The molecule has 1 aliphatic heterocycles. The van der Waals surface area contributed by atoms with Gasteiger partial charge in [0.15, 0.2) is 0 Å². The first-order valence-corrected chi connectivity index (χ1v) is 8.08. The molecule has 1 fully saturated rings. The Morgan fingerprint density at radius 3 is 2.65 bits per heavy atom. The van der Waals surface area contributed by atoms with Crippen molar-refractivity contribution in [3.8, 4) is 0 Å². The van der Waals surface area contributed by atoms with Crippen LogP contribution in [0.25, 0.3) is 0 Å². The predicted octanol–water partition coefficient (Wildman–Crippen LogP) is 5.12. The van der Waals surface area contributed by atoms with E-state index in [4.69, 9.17) is 17.3 Å². The Balaban J connectivity index is 0.00000264. The summed E-state index contributed by atoms with van der Waals surface area (Å²) >= 11 is 5.68. The van der Waals surface area contributed by atoms with Gasteiger partial charge in [0.2, 0.25) is 0 Å². The van der Waals surface area contributed by atoms with Gasteiger partial charge in [-0.3, -0.25) is 0 Å². The molecule has 2 atom stereocenters. The van der Waals surface area contributed by atoms with Crippen LogP contribution in [-0.2, 0) is 6.18 Å². The Labute approximate surface area is 146 Å². The summed E-state index contributed by atoms with van der Waals surface area (Å²) < 4.78 is 38.9. The second-order valence-electron chi connectivity index (χ2n) is 5.96. The van der Waals surface area contributed by atoms with E-state index in [-0.39, 0.29) is 23.5 Å². The van der Waals surface area contributed by atoms with Crippen molar-refractivity contribution in [2.24, 2.45) is 11.7 Å². The van der Waals surface area contributed by atoms with Crippen LogP contribution >= 0.6 is 24.0 Å². The molecule has 2 N–H and O–H groups in total. The Morgan fingerprint density at radius 1 is 1.35 bits per heavy atom. The number of alkyl halides is 3. The van der Waals surface area contributed by atoms with E-state index in [1.54, 1.807) is 6.07 Å². The zero-order chi connectivity index (χ0) is 16.3. The van der Waals surface area contributed by atoms with Crippen molar-refractivity contribution in [3.05, 3.63) is 28.8 Å². The minimum Gasteiger partial charge on any atom is -0.371 e. The van der Waals surface area contributed by atoms with Gasteiger partial charge in [0.1, 0.15) is 0 Å². The van der Waals surface area contributed by atoms with Crippen LogP contribution in [0.2, 0.25) is 5.02 Å². The number of halogens is 5. The first kappa shape index (κ1) is 20.4. The van der Waals surface area contributed by atoms with Gasteiger partial charge in [0, 0.05) is 24.8 Å². The molecule has 0 amide bonds. The number of rotatable bonds is 4. The molecule has 2 unspecified atom stereocenters. The molecule has 1 saturated heterocycles. The van der Waals surface area contributed by atoms with Gasteiger partial charge < -0.3 is 10.6 Å². The number of benzene rings is 1. The third-order valence-electron chi connectivity index (χ3n) is 4.34. The molecule has 0 spiro atoms. The highest BCUT2D eigenvalue weighted by atomic mass is 35.5. The molecule has 1 aromatic carbocycles. The molecule has 23 heavy (non-hydrogen) atoms. The molecule has 0 saturated carbocycles. The van der Waals surface area contributed by atoms with E-state index in [1.165, 1.54) is 6.07 Å². The second kappa shape index (κ2) is 8.45. The summed E-state index contributed by atoms with van der Waals surface area (Å²) in [4.78, 5) is 2.00. The van der Waals surface area contributed by atoms with E-state index in [9.17, 15) is 13.2 Å². The maximum Gasteiger partial charge on any atom is 0.417 e. The van der Waals surface area contributed by atoms with Crippen LogP contribution in [0.5, 0.6) is 0 Å². The van der Waals surface area contributed by atoms with Crippen LogP contribution in [0.15, 0.2) is 18.2 Å². The van der Waals surface area contributed by atoms with E-state index in [1.807, 2.05) is 4.90 Å². The van der Waals surface area contributed by atoms with Crippen molar-refractivity contribution >= 4 is 29.7 Å². The minimum absolute atomic E-state index is 0. The summed E-state index contributed by atoms with van der Waals surface area (Å²) in [5.41, 5.74) is 5.96. The zero-order valence-electron chi connectivity index (χ0n) is 13.1. The van der Waals surface area contributed by atoms with Gasteiger partial charge in [0.05, 0.1) is 10.6 Å². The molecule has 132 valence electrons. The van der Waals surface area contributed by atoms with Crippen molar-refractivity contribution in [2.75, 3.05) is 18.0 Å². The van der Waals surface area contributed by atoms with Crippen LogP contribution in [0.3, 0.4) is 0 Å². The smallest absolute Gasteiger partial charge is 0.371 e. The van der Waals surface area contributed by atoms with E-state index in [0.29, 0.717) is 24.7 Å². The molecule has 0 bridgehead atoms. The topological polar surface area (TPSA) is 29.3 Å². The SMILES string of the molecule is CCCCC1CN(c2ccc(Cl)c(C(F)(F)F)c2)CCC1N.Cl. The van der Waals surface area contributed by atoms with Crippen LogP contribution < -0.4 is 10.6 Å². The molecule has 7 heteroatoms. The van der Waals surface area contributed by atoms with Gasteiger partial charge in [-0.15, -0.1) is 12.4 Å². The van der Waals surface area contributed by atoms with Gasteiger partial charge in [0.25, 0.3) is 0 Å². The zero-order valence-corrected chi connectivity index (χ0v) is 14.6. The van der Waals surface area contributed by atoms with Crippen LogP contribution in [0.4, 0.5) is 18.9 Å². The van der Waals surface area contributed by atoms with Crippen LogP contribution in [0.1, 0.15) is 38.2 Å². The number of nitrogens with two attached hydrogens (primary N) is 1. The second-order valence-corrected chi connectivity index (χ2v) is 6.37. The van der Waals surface area contributed by atoms with E-state index < -0.39 is 11.7 Å². The van der Waals surface area contributed by atoms with Crippen molar-refractivity contribution in [3.63, 3.8) is 0 Å². The summed E-state index contributed by atoms with van der Waals surface area (Å²) in [5, 5.41) is -0.257. The molecular formula is C16H23Cl2F3N2. The molecule has 1 aliphatic rings. The molecule has 1 heterocycles. The fraction of sp³-hybridized carbons (Fsp3) is 0.625. The third-order valence-corrected chi connectivity index (χ3v) is 4.67. The maximum absolute atomic E-state index is 13.0. The molecule has 0 radical (unpaired) electrons. The van der Waals surface area contributed by atoms with Crippen molar-refractivity contribution < 1.29 is 13.2 Å². The van der Waals surface area contributed by atoms with Crippen molar-refractivity contribution in [1.29, 1.82) is 0 Å². The van der Waals surface area contributed by atoms with E-state index in [2.05, 4.69) is 6.92 Å². The summed E-state index contributed by atoms with van der Waals surface area (Å²) in [6.45, 7) is 3.52. The summed E-state index contributed by atoms with van der Waals surface area (Å²) in [5.74, 6) is 0.332. The lowest BCUT2D eigenvalue weighted by molar-refractivity contribution is -0.137. The Bertz CT molecular complexity index is 509. The molecular weight excluding hydrogens is 348 g/mol. The van der Waals surface area contributed by atoms with Crippen LogP contribution in [0, 0.1) is 5.92 Å². The molecule has 0 aliphatic carbocycles. The number of hydrogen-bond donors (Lipinski definition) is 1. The minimum atomic E-state index is -4.43. The molecule has 2 nitrogen and oxygen atoms in total. The highest BCUT2D eigenvalue weighted by Crippen LogP contribution is 2.37. The van der Waals surface area contributed by atoms with Gasteiger partial charge in [-0.2, -0.15) is 13.2 Å². The Kier molecular flexibility index (Phi) is 7.49. The Morgan fingerprint density at radius 2 is 2.04 bits per heavy atom. The monoisotopic (exact) mass is 370 g/mol. The number of piperidine rings is 1. The van der Waals surface area contributed by atoms with Gasteiger partial charge >= 0.3 is 6.18 Å². The first-order valence-electron chi connectivity index (χ1n) is 7.70. The fourth-order valence-electron chi connectivity index (χ4n) is 2.98. The average molecular weight is 371 g/mol. The van der Waals surface area contributed by atoms with Crippen LogP contribution in [-0.4, -0.2) is 19.1 Å². The maximum atomic E-state index is 13.0. The number of nitrogens with zero attached hydrogens (tertiary/aromatic N) is 1. The highest BCUT2D eigenvalue weighted by Gasteiger charge is 2.34. The lowest BCUT2D eigenvalue weighted by Gasteiger charge is -2.38. The summed E-state index contributed by atoms with van der Waals surface area (Å²) in [6, 6.07) is 4.27. The van der Waals surface area contributed by atoms with E-state index in [0.717, 1.165) is 31.7 Å². The fourth-order valence-corrected chi connectivity index (χ4v) is 3.21. The highest BCUT2D eigenvalue weighted by molar-refractivity contribution is 6.31. The molecule has 2 rings (SSSR count). The Hall–Kier alpha value is -0.650. The average Bonchev–Trinajstić information content (AvgIpc) is 2.46.